The Morgan fingerprint density at radius 1 is 1.00 bits per heavy atom. The predicted molar refractivity (Wildman–Crippen MR) is 129 cm³/mol. The summed E-state index contributed by atoms with van der Waals surface area (Å²) in [4.78, 5) is 30.8. The highest BCUT2D eigenvalue weighted by atomic mass is 32.1. The third-order valence-electron chi connectivity index (χ3n) is 6.93. The molecule has 1 atom stereocenters. The Kier molecular flexibility index (Phi) is 6.27. The molecule has 1 unspecified atom stereocenters. The number of piperidine rings is 1. The van der Waals surface area contributed by atoms with E-state index in [2.05, 4.69) is 27.2 Å². The molecular weight excluding hydrogens is 477 g/mol. The van der Waals surface area contributed by atoms with E-state index < -0.39 is 17.8 Å². The third kappa shape index (κ3) is 4.90. The first-order valence-corrected chi connectivity index (χ1v) is 12.0. The highest BCUT2D eigenvalue weighted by Crippen LogP contribution is 2.31. The lowest BCUT2D eigenvalue weighted by molar-refractivity contribution is -0.138. The van der Waals surface area contributed by atoms with Crippen LogP contribution in [-0.2, 0) is 28.9 Å². The number of amides is 2. The molecule has 6 nitrogen and oxygen atoms in total. The molecule has 2 amide bonds. The maximum Gasteiger partial charge on any atom is 0.416 e. The number of nitrogens with one attached hydrogen (secondary N) is 1. The van der Waals surface area contributed by atoms with Gasteiger partial charge in [-0.1, -0.05) is 30.4 Å². The van der Waals surface area contributed by atoms with Crippen LogP contribution >= 0.6 is 12.2 Å². The summed E-state index contributed by atoms with van der Waals surface area (Å²) in [6.07, 6.45) is -3.54. The zero-order valence-corrected chi connectivity index (χ0v) is 19.8. The van der Waals surface area contributed by atoms with E-state index in [1.807, 2.05) is 11.0 Å². The van der Waals surface area contributed by atoms with E-state index in [0.29, 0.717) is 24.4 Å². The third-order valence-corrected chi connectivity index (χ3v) is 7.38. The van der Waals surface area contributed by atoms with Crippen LogP contribution in [0.25, 0.3) is 0 Å². The van der Waals surface area contributed by atoms with E-state index in [-0.39, 0.29) is 11.8 Å². The highest BCUT2D eigenvalue weighted by Gasteiger charge is 2.37. The van der Waals surface area contributed by atoms with Crippen molar-refractivity contribution in [3.05, 3.63) is 64.7 Å². The molecule has 184 valence electrons. The zero-order chi connectivity index (χ0) is 24.7. The van der Waals surface area contributed by atoms with E-state index in [4.69, 9.17) is 12.2 Å². The lowest BCUT2D eigenvalue weighted by Crippen LogP contribution is -2.52. The molecule has 3 heterocycles. The van der Waals surface area contributed by atoms with Crippen molar-refractivity contribution < 1.29 is 22.8 Å². The number of carbonyl (C=O) groups excluding carboxylic acids is 2. The summed E-state index contributed by atoms with van der Waals surface area (Å²) in [6, 6.07) is 11.1. The van der Waals surface area contributed by atoms with Crippen LogP contribution in [-0.4, -0.2) is 58.8 Å². The van der Waals surface area contributed by atoms with Gasteiger partial charge in [0, 0.05) is 56.9 Å². The number of halogens is 3. The van der Waals surface area contributed by atoms with Crippen LogP contribution in [0.4, 0.5) is 18.9 Å². The van der Waals surface area contributed by atoms with Gasteiger partial charge in [-0.3, -0.25) is 19.8 Å². The van der Waals surface area contributed by atoms with Gasteiger partial charge in [-0.05, 0) is 41.8 Å². The molecule has 0 spiro atoms. The number of alkyl halides is 3. The Morgan fingerprint density at radius 2 is 1.71 bits per heavy atom. The number of nitrogens with zero attached hydrogens (tertiary/aromatic N) is 3. The number of fused-ring (bicyclic) bond motifs is 1. The molecule has 0 bridgehead atoms. The fourth-order valence-electron chi connectivity index (χ4n) is 5.01. The Bertz CT molecular complexity index is 1160. The zero-order valence-electron chi connectivity index (χ0n) is 19.0. The Morgan fingerprint density at radius 3 is 2.37 bits per heavy atom. The average Bonchev–Trinajstić information content (AvgIpc) is 3.14. The van der Waals surface area contributed by atoms with Gasteiger partial charge in [-0.2, -0.15) is 13.2 Å². The van der Waals surface area contributed by atoms with E-state index >= 15 is 0 Å². The van der Waals surface area contributed by atoms with Crippen LogP contribution < -0.4 is 10.2 Å². The van der Waals surface area contributed by atoms with Gasteiger partial charge in [0.25, 0.3) is 0 Å². The van der Waals surface area contributed by atoms with Crippen molar-refractivity contribution in [2.24, 2.45) is 0 Å². The molecule has 2 saturated heterocycles. The van der Waals surface area contributed by atoms with E-state index in [1.165, 1.54) is 12.1 Å². The van der Waals surface area contributed by atoms with Crippen LogP contribution in [0.2, 0.25) is 0 Å². The van der Waals surface area contributed by atoms with E-state index in [9.17, 15) is 22.8 Å². The molecular formula is C25H25F3N4O2S. The minimum Gasteiger partial charge on any atom is -0.369 e. The Hall–Kier alpha value is -2.98. The fourth-order valence-corrected chi connectivity index (χ4v) is 5.40. The molecule has 2 aromatic carbocycles. The summed E-state index contributed by atoms with van der Waals surface area (Å²) in [7, 11) is 0. The summed E-state index contributed by atoms with van der Waals surface area (Å²) >= 11 is 5.63. The van der Waals surface area contributed by atoms with Crippen molar-refractivity contribution in [2.75, 3.05) is 31.1 Å². The molecule has 10 heteroatoms. The first-order chi connectivity index (χ1) is 16.7. The number of rotatable bonds is 4. The van der Waals surface area contributed by atoms with Gasteiger partial charge in [0.05, 0.1) is 5.56 Å². The number of hydrogen-bond donors (Lipinski definition) is 1. The summed E-state index contributed by atoms with van der Waals surface area (Å²) in [6.45, 7) is 4.40. The minimum absolute atomic E-state index is 0.241. The van der Waals surface area contributed by atoms with Gasteiger partial charge in [-0.15, -0.1) is 0 Å². The van der Waals surface area contributed by atoms with Gasteiger partial charge < -0.3 is 9.80 Å². The normalized spacial score (nSPS) is 21.3. The number of carbonyl (C=O) groups is 2. The van der Waals surface area contributed by atoms with Crippen molar-refractivity contribution in [1.82, 2.24) is 15.1 Å². The SMILES string of the molecule is O=C1CCC(N2Cc3cc(CN4CCN(c5ccc(C(F)(F)F)cc5)CC4)ccc3C2=S)C(=O)N1. The molecule has 3 aliphatic rings. The van der Waals surface area contributed by atoms with Crippen molar-refractivity contribution in [2.45, 2.75) is 38.1 Å². The lowest BCUT2D eigenvalue weighted by Gasteiger charge is -2.36. The quantitative estimate of drug-likeness (QED) is 0.512. The van der Waals surface area contributed by atoms with Crippen molar-refractivity contribution >= 4 is 34.7 Å². The van der Waals surface area contributed by atoms with Gasteiger partial charge >= 0.3 is 6.18 Å². The topological polar surface area (TPSA) is 55.9 Å². The smallest absolute Gasteiger partial charge is 0.369 e. The highest BCUT2D eigenvalue weighted by molar-refractivity contribution is 7.80. The van der Waals surface area contributed by atoms with E-state index in [1.54, 1.807) is 0 Å². The number of hydrogen-bond acceptors (Lipinski definition) is 5. The average molecular weight is 503 g/mol. The molecule has 0 aromatic heterocycles. The van der Waals surface area contributed by atoms with Crippen LogP contribution in [0.5, 0.6) is 0 Å². The second kappa shape index (κ2) is 9.23. The maximum atomic E-state index is 12.8. The van der Waals surface area contributed by atoms with Gasteiger partial charge in [0.1, 0.15) is 11.0 Å². The summed E-state index contributed by atoms with van der Waals surface area (Å²) in [5.74, 6) is -0.530. The molecule has 5 rings (SSSR count). The van der Waals surface area contributed by atoms with Crippen LogP contribution in [0.1, 0.15) is 35.1 Å². The molecule has 3 aliphatic heterocycles. The van der Waals surface area contributed by atoms with Crippen molar-refractivity contribution in [3.63, 3.8) is 0 Å². The van der Waals surface area contributed by atoms with Crippen LogP contribution in [0, 0.1) is 0 Å². The summed E-state index contributed by atoms with van der Waals surface area (Å²) < 4.78 is 38.4. The molecule has 35 heavy (non-hydrogen) atoms. The largest absolute Gasteiger partial charge is 0.416 e. The van der Waals surface area contributed by atoms with Gasteiger partial charge in [-0.25, -0.2) is 0 Å². The van der Waals surface area contributed by atoms with Gasteiger partial charge in [0.2, 0.25) is 11.8 Å². The molecule has 1 N–H and O–H groups in total. The summed E-state index contributed by atoms with van der Waals surface area (Å²) in [5, 5.41) is 2.40. The molecule has 2 aromatic rings. The first-order valence-electron chi connectivity index (χ1n) is 11.6. The maximum absolute atomic E-state index is 12.8. The monoisotopic (exact) mass is 502 g/mol. The van der Waals surface area contributed by atoms with Crippen molar-refractivity contribution in [3.8, 4) is 0 Å². The van der Waals surface area contributed by atoms with Gasteiger partial charge in [0.15, 0.2) is 0 Å². The lowest BCUT2D eigenvalue weighted by atomic mass is 10.0. The van der Waals surface area contributed by atoms with Crippen LogP contribution in [0.15, 0.2) is 42.5 Å². The predicted octanol–water partition coefficient (Wildman–Crippen LogP) is 3.32. The molecule has 2 fully saturated rings. The van der Waals surface area contributed by atoms with Crippen molar-refractivity contribution in [1.29, 1.82) is 0 Å². The minimum atomic E-state index is -4.32. The van der Waals surface area contributed by atoms with Crippen LogP contribution in [0.3, 0.4) is 0 Å². The molecule has 0 aliphatic carbocycles. The molecule has 0 radical (unpaired) electrons. The number of imide groups is 1. The molecule has 0 saturated carbocycles. The Balaban J connectivity index is 1.18. The van der Waals surface area contributed by atoms with E-state index in [0.717, 1.165) is 67.2 Å². The summed E-state index contributed by atoms with van der Waals surface area (Å²) in [5.41, 5.74) is 3.37. The standard InChI is InChI=1S/C25H25F3N4O2S/c26-25(27,28)18-2-4-19(5-3-18)31-11-9-30(10-12-31)14-16-1-6-20-17(13-16)15-32(24(20)35)21-7-8-22(33)29-23(21)34/h1-6,13,21H,7-12,14-15H2,(H,29,33,34). The fraction of sp³-hybridized carbons (Fsp3) is 0.400. The number of piperazine rings is 1. The first kappa shape index (κ1) is 23.7. The number of benzene rings is 2. The second-order valence-electron chi connectivity index (χ2n) is 9.20. The number of anilines is 1. The second-order valence-corrected chi connectivity index (χ2v) is 9.59. The number of thiocarbonyl (C=S) groups is 1. The Labute approximate surface area is 206 Å².